The van der Waals surface area contributed by atoms with E-state index >= 15 is 0 Å². The molecule has 2 aromatic rings. The quantitative estimate of drug-likeness (QED) is 0.505. The van der Waals surface area contributed by atoms with Crippen LogP contribution in [-0.4, -0.2) is 36.0 Å². The second-order valence-corrected chi connectivity index (χ2v) is 7.82. The number of aromatic nitrogens is 1. The van der Waals surface area contributed by atoms with E-state index in [1.54, 1.807) is 18.4 Å². The summed E-state index contributed by atoms with van der Waals surface area (Å²) in [5.74, 6) is 1.27. The maximum Gasteiger partial charge on any atom is 0.191 e. The molecule has 6 heteroatoms. The minimum absolute atomic E-state index is 0.469. The molecule has 0 aliphatic heterocycles. The van der Waals surface area contributed by atoms with E-state index < -0.39 is 0 Å². The van der Waals surface area contributed by atoms with Gasteiger partial charge in [0.05, 0.1) is 12.2 Å². The molecule has 2 N–H and O–H groups in total. The van der Waals surface area contributed by atoms with Crippen molar-refractivity contribution in [3.8, 4) is 0 Å². The van der Waals surface area contributed by atoms with E-state index in [0.29, 0.717) is 12.5 Å². The Labute approximate surface area is 167 Å². The lowest BCUT2D eigenvalue weighted by molar-refractivity contribution is 0.296. The highest BCUT2D eigenvalue weighted by atomic mass is 32.1. The number of nitrogens with zero attached hydrogens (tertiary/aromatic N) is 3. The van der Waals surface area contributed by atoms with Crippen molar-refractivity contribution in [2.75, 3.05) is 20.1 Å². The molecule has 0 atom stereocenters. The highest BCUT2D eigenvalue weighted by Gasteiger charge is 2.07. The molecule has 0 bridgehead atoms. The number of nitrogens with one attached hydrogen (secondary N) is 2. The van der Waals surface area contributed by atoms with Crippen LogP contribution in [0, 0.1) is 0 Å². The Hall–Kier alpha value is -1.92. The maximum absolute atomic E-state index is 4.66. The average Bonchev–Trinajstić information content (AvgIpc) is 3.16. The third-order valence-corrected chi connectivity index (χ3v) is 5.41. The largest absolute Gasteiger partial charge is 0.352 e. The summed E-state index contributed by atoms with van der Waals surface area (Å²) in [6.07, 6.45) is 0. The second kappa shape index (κ2) is 11.0. The summed E-state index contributed by atoms with van der Waals surface area (Å²) < 4.78 is 0. The molecule has 0 fully saturated rings. The molecule has 0 amide bonds. The number of hydrogen-bond donors (Lipinski definition) is 2. The van der Waals surface area contributed by atoms with Crippen molar-refractivity contribution in [1.82, 2.24) is 20.5 Å². The van der Waals surface area contributed by atoms with E-state index in [-0.39, 0.29) is 0 Å². The van der Waals surface area contributed by atoms with Gasteiger partial charge in [0.2, 0.25) is 0 Å². The molecule has 0 saturated carbocycles. The minimum atomic E-state index is 0.469. The lowest BCUT2D eigenvalue weighted by Gasteiger charge is -2.18. The van der Waals surface area contributed by atoms with Gasteiger partial charge >= 0.3 is 0 Å². The van der Waals surface area contributed by atoms with Crippen molar-refractivity contribution in [2.45, 2.75) is 53.2 Å². The SMILES string of the molecule is CCN(CC)Cc1cccc(CNC(=NC)NCc2nc(C(C)C)cs2)c1. The van der Waals surface area contributed by atoms with Gasteiger partial charge in [-0.1, -0.05) is 52.0 Å². The van der Waals surface area contributed by atoms with Crippen LogP contribution in [0.1, 0.15) is 55.4 Å². The summed E-state index contributed by atoms with van der Waals surface area (Å²) in [6.45, 7) is 13.3. The van der Waals surface area contributed by atoms with Crippen LogP contribution in [0.4, 0.5) is 0 Å². The molecule has 0 unspecified atom stereocenters. The highest BCUT2D eigenvalue weighted by molar-refractivity contribution is 7.09. The Morgan fingerprint density at radius 1 is 1.15 bits per heavy atom. The molecule has 0 aliphatic carbocycles. The van der Waals surface area contributed by atoms with Crippen molar-refractivity contribution in [2.24, 2.45) is 4.99 Å². The molecule has 0 aliphatic rings. The summed E-state index contributed by atoms with van der Waals surface area (Å²) in [5.41, 5.74) is 3.77. The zero-order valence-electron chi connectivity index (χ0n) is 17.2. The number of benzene rings is 1. The van der Waals surface area contributed by atoms with Gasteiger partial charge in [-0.25, -0.2) is 4.98 Å². The van der Waals surface area contributed by atoms with Gasteiger partial charge in [-0.15, -0.1) is 11.3 Å². The smallest absolute Gasteiger partial charge is 0.191 e. The predicted octanol–water partition coefficient (Wildman–Crippen LogP) is 3.97. The standard InChI is InChI=1S/C21H33N5S/c1-6-26(7-2)14-18-10-8-9-17(11-18)12-23-21(22-5)24-13-20-25-19(15-27-20)16(3)4/h8-11,15-16H,6-7,12-14H2,1-5H3,(H2,22,23,24). The van der Waals surface area contributed by atoms with Gasteiger partial charge in [-0.05, 0) is 30.1 Å². The molecule has 0 radical (unpaired) electrons. The third-order valence-electron chi connectivity index (χ3n) is 4.54. The fraction of sp³-hybridized carbons (Fsp3) is 0.524. The third kappa shape index (κ3) is 6.96. The molecule has 148 valence electrons. The zero-order valence-corrected chi connectivity index (χ0v) is 18.1. The Bertz CT molecular complexity index is 719. The number of guanidine groups is 1. The molecule has 1 aromatic carbocycles. The van der Waals surface area contributed by atoms with E-state index in [2.05, 4.69) is 82.9 Å². The van der Waals surface area contributed by atoms with Crippen molar-refractivity contribution >= 4 is 17.3 Å². The number of aliphatic imine (C=N–C) groups is 1. The van der Waals surface area contributed by atoms with Crippen LogP contribution in [0.15, 0.2) is 34.6 Å². The number of thiazole rings is 1. The highest BCUT2D eigenvalue weighted by Crippen LogP contribution is 2.17. The Morgan fingerprint density at radius 3 is 2.48 bits per heavy atom. The monoisotopic (exact) mass is 387 g/mol. The number of rotatable bonds is 9. The fourth-order valence-corrected chi connectivity index (χ4v) is 3.68. The van der Waals surface area contributed by atoms with E-state index in [4.69, 9.17) is 0 Å². The predicted molar refractivity (Wildman–Crippen MR) is 116 cm³/mol. The van der Waals surface area contributed by atoms with Gasteiger partial charge < -0.3 is 10.6 Å². The summed E-state index contributed by atoms with van der Waals surface area (Å²) in [7, 11) is 1.80. The van der Waals surface area contributed by atoms with Crippen LogP contribution in [0.2, 0.25) is 0 Å². The summed E-state index contributed by atoms with van der Waals surface area (Å²) in [6, 6.07) is 8.76. The Balaban J connectivity index is 1.86. The summed E-state index contributed by atoms with van der Waals surface area (Å²) in [4.78, 5) is 11.4. The molecule has 1 aromatic heterocycles. The molecular weight excluding hydrogens is 354 g/mol. The first kappa shape index (κ1) is 21.4. The van der Waals surface area contributed by atoms with Crippen molar-refractivity contribution in [3.05, 3.63) is 51.5 Å². The van der Waals surface area contributed by atoms with Crippen molar-refractivity contribution < 1.29 is 0 Å². The van der Waals surface area contributed by atoms with Gasteiger partial charge in [0.1, 0.15) is 5.01 Å². The van der Waals surface area contributed by atoms with Crippen LogP contribution >= 0.6 is 11.3 Å². The van der Waals surface area contributed by atoms with Gasteiger partial charge in [0.25, 0.3) is 0 Å². The van der Waals surface area contributed by atoms with E-state index in [1.807, 2.05) is 0 Å². The molecular formula is C21H33N5S. The van der Waals surface area contributed by atoms with Gasteiger partial charge in [-0.3, -0.25) is 9.89 Å². The first-order chi connectivity index (χ1) is 13.0. The van der Waals surface area contributed by atoms with Crippen molar-refractivity contribution in [3.63, 3.8) is 0 Å². The average molecular weight is 388 g/mol. The van der Waals surface area contributed by atoms with Crippen LogP contribution in [-0.2, 0) is 19.6 Å². The summed E-state index contributed by atoms with van der Waals surface area (Å²) in [5, 5.41) is 9.97. The van der Waals surface area contributed by atoms with Gasteiger partial charge in [0.15, 0.2) is 5.96 Å². The zero-order chi connectivity index (χ0) is 19.6. The maximum atomic E-state index is 4.66. The van der Waals surface area contributed by atoms with Gasteiger partial charge in [-0.2, -0.15) is 0 Å². The van der Waals surface area contributed by atoms with Crippen LogP contribution in [0.5, 0.6) is 0 Å². The van der Waals surface area contributed by atoms with Crippen LogP contribution < -0.4 is 10.6 Å². The molecule has 27 heavy (non-hydrogen) atoms. The Kier molecular flexibility index (Phi) is 8.75. The lowest BCUT2D eigenvalue weighted by Crippen LogP contribution is -2.36. The fourth-order valence-electron chi connectivity index (χ4n) is 2.78. The normalized spacial score (nSPS) is 12.0. The molecule has 5 nitrogen and oxygen atoms in total. The first-order valence-corrected chi connectivity index (χ1v) is 10.6. The van der Waals surface area contributed by atoms with Gasteiger partial charge in [0, 0.05) is 25.5 Å². The topological polar surface area (TPSA) is 52.5 Å². The number of hydrogen-bond acceptors (Lipinski definition) is 4. The minimum Gasteiger partial charge on any atom is -0.352 e. The summed E-state index contributed by atoms with van der Waals surface area (Å²) >= 11 is 1.70. The van der Waals surface area contributed by atoms with Crippen LogP contribution in [0.25, 0.3) is 0 Å². The van der Waals surface area contributed by atoms with Crippen molar-refractivity contribution in [1.29, 1.82) is 0 Å². The molecule has 1 heterocycles. The van der Waals surface area contributed by atoms with E-state index in [9.17, 15) is 0 Å². The molecule has 0 spiro atoms. The molecule has 2 rings (SSSR count). The first-order valence-electron chi connectivity index (χ1n) is 9.74. The van der Waals surface area contributed by atoms with Crippen LogP contribution in [0.3, 0.4) is 0 Å². The molecule has 0 saturated heterocycles. The Morgan fingerprint density at radius 2 is 1.85 bits per heavy atom. The van der Waals surface area contributed by atoms with E-state index in [1.165, 1.54) is 11.1 Å². The second-order valence-electron chi connectivity index (χ2n) is 6.88. The lowest BCUT2D eigenvalue weighted by atomic mass is 10.1. The van der Waals surface area contributed by atoms with E-state index in [0.717, 1.165) is 42.8 Å².